The molecule has 0 spiro atoms. The maximum absolute atomic E-state index is 6.60. The van der Waals surface area contributed by atoms with E-state index in [9.17, 15) is 0 Å². The van der Waals surface area contributed by atoms with Crippen LogP contribution in [0.3, 0.4) is 0 Å². The molecule has 1 aromatic carbocycles. The molecule has 0 radical (unpaired) electrons. The van der Waals surface area contributed by atoms with Crippen molar-refractivity contribution < 1.29 is 18.7 Å². The summed E-state index contributed by atoms with van der Waals surface area (Å²) < 4.78 is 21.8. The molecule has 1 fully saturated rings. The number of ether oxygens (including phenoxy) is 3. The molecule has 0 amide bonds. The summed E-state index contributed by atoms with van der Waals surface area (Å²) in [6, 6.07) is 3.45. The van der Waals surface area contributed by atoms with Gasteiger partial charge in [-0.3, -0.25) is 0 Å². The van der Waals surface area contributed by atoms with Gasteiger partial charge >= 0.3 is 0 Å². The minimum atomic E-state index is -0.738. The van der Waals surface area contributed by atoms with Gasteiger partial charge < -0.3 is 24.5 Å². The quantitative estimate of drug-likeness (QED) is 0.762. The zero-order valence-electron chi connectivity index (χ0n) is 16.0. The van der Waals surface area contributed by atoms with Crippen LogP contribution in [-0.2, 0) is 10.3 Å². The van der Waals surface area contributed by atoms with Crippen LogP contribution in [-0.4, -0.2) is 37.1 Å². The van der Waals surface area contributed by atoms with Crippen molar-refractivity contribution >= 4 is 24.0 Å². The van der Waals surface area contributed by atoms with Crippen molar-refractivity contribution in [2.24, 2.45) is 11.1 Å². The maximum atomic E-state index is 6.60. The number of hydrogen-bond acceptors (Lipinski definition) is 7. The molecule has 1 aliphatic carbocycles. The van der Waals surface area contributed by atoms with Crippen LogP contribution < -0.4 is 15.2 Å². The van der Waals surface area contributed by atoms with Crippen LogP contribution in [0, 0.1) is 5.41 Å². The van der Waals surface area contributed by atoms with Crippen molar-refractivity contribution in [2.45, 2.75) is 38.8 Å². The van der Waals surface area contributed by atoms with Crippen molar-refractivity contribution in [3.05, 3.63) is 23.0 Å². The minimum absolute atomic E-state index is 0. The Morgan fingerprint density at radius 1 is 1.30 bits per heavy atom. The molecule has 2 unspecified atom stereocenters. The van der Waals surface area contributed by atoms with Gasteiger partial charge in [-0.15, -0.1) is 12.4 Å². The van der Waals surface area contributed by atoms with E-state index in [2.05, 4.69) is 10.1 Å². The molecule has 9 heteroatoms. The smallest absolute Gasteiger partial charge is 0.247 e. The molecule has 2 aromatic rings. The van der Waals surface area contributed by atoms with Gasteiger partial charge in [-0.25, -0.2) is 0 Å². The van der Waals surface area contributed by atoms with E-state index in [1.54, 1.807) is 19.2 Å². The number of halogens is 2. The summed E-state index contributed by atoms with van der Waals surface area (Å²) in [4.78, 5) is 4.52. The Balaban J connectivity index is 0.00000261. The summed E-state index contributed by atoms with van der Waals surface area (Å²) in [5, 5.41) is 4.48. The Morgan fingerprint density at radius 2 is 2.00 bits per heavy atom. The lowest BCUT2D eigenvalue weighted by atomic mass is 9.54. The molecule has 1 saturated carbocycles. The first-order valence-electron chi connectivity index (χ1n) is 8.45. The number of methoxy groups -OCH3 is 2. The fourth-order valence-corrected chi connectivity index (χ4v) is 3.65. The largest absolute Gasteiger partial charge is 0.493 e. The molecule has 2 N–H and O–H groups in total. The van der Waals surface area contributed by atoms with Gasteiger partial charge in [-0.05, 0) is 19.1 Å². The topological polar surface area (TPSA) is 92.6 Å². The van der Waals surface area contributed by atoms with E-state index in [4.69, 9.17) is 36.1 Å². The molecular weight excluding hydrogens is 393 g/mol. The standard InChI is InChI=1S/C18H24ClN3O4.ClH/c1-6-25-13-9-18(20,17(13,2)3)16-21-15(22-26-16)10-7-11(19)14(24-5)12(8-10)23-4;/h7-8,13H,6,9,20H2,1-5H3;1H. The van der Waals surface area contributed by atoms with Gasteiger partial charge in [0.2, 0.25) is 11.7 Å². The van der Waals surface area contributed by atoms with Crippen LogP contribution >= 0.6 is 24.0 Å². The molecule has 7 nitrogen and oxygen atoms in total. The molecule has 1 heterocycles. The highest BCUT2D eigenvalue weighted by atomic mass is 35.5. The number of hydrogen-bond donors (Lipinski definition) is 1. The van der Waals surface area contributed by atoms with Gasteiger partial charge in [0.05, 0.1) is 25.3 Å². The second kappa shape index (κ2) is 7.83. The molecular formula is C18H25Cl2N3O4. The molecule has 2 atom stereocenters. The van der Waals surface area contributed by atoms with Gasteiger partial charge in [-0.1, -0.05) is 30.6 Å². The zero-order valence-corrected chi connectivity index (χ0v) is 17.6. The molecule has 150 valence electrons. The lowest BCUT2D eigenvalue weighted by Gasteiger charge is -2.56. The lowest BCUT2D eigenvalue weighted by Crippen LogP contribution is -2.67. The predicted octanol–water partition coefficient (Wildman–Crippen LogP) is 3.82. The lowest BCUT2D eigenvalue weighted by molar-refractivity contribution is -0.162. The van der Waals surface area contributed by atoms with Crippen molar-refractivity contribution in [1.29, 1.82) is 0 Å². The third kappa shape index (κ3) is 3.38. The Morgan fingerprint density at radius 3 is 2.56 bits per heavy atom. The normalized spacial score (nSPS) is 23.3. The predicted molar refractivity (Wildman–Crippen MR) is 105 cm³/mol. The average molecular weight is 418 g/mol. The van der Waals surface area contributed by atoms with Crippen LogP contribution in [0.1, 0.15) is 33.1 Å². The van der Waals surface area contributed by atoms with Gasteiger partial charge in [-0.2, -0.15) is 4.98 Å². The van der Waals surface area contributed by atoms with Crippen LogP contribution in [0.15, 0.2) is 16.7 Å². The van der Waals surface area contributed by atoms with E-state index < -0.39 is 5.54 Å². The molecule has 0 bridgehead atoms. The highest BCUT2D eigenvalue weighted by molar-refractivity contribution is 6.32. The zero-order chi connectivity index (χ0) is 19.1. The maximum Gasteiger partial charge on any atom is 0.247 e. The first kappa shape index (κ1) is 21.8. The van der Waals surface area contributed by atoms with Crippen molar-refractivity contribution in [1.82, 2.24) is 10.1 Å². The second-order valence-corrected chi connectivity index (χ2v) is 7.37. The highest BCUT2D eigenvalue weighted by Crippen LogP contribution is 2.55. The van der Waals surface area contributed by atoms with E-state index >= 15 is 0 Å². The summed E-state index contributed by atoms with van der Waals surface area (Å²) in [6.07, 6.45) is 0.686. The number of benzene rings is 1. The summed E-state index contributed by atoms with van der Waals surface area (Å²) in [5.41, 5.74) is 6.20. The molecule has 0 aliphatic heterocycles. The van der Waals surface area contributed by atoms with Gasteiger partial charge in [0.1, 0.15) is 5.54 Å². The van der Waals surface area contributed by atoms with E-state index in [1.807, 2.05) is 20.8 Å². The third-order valence-electron chi connectivity index (χ3n) is 5.33. The first-order valence-corrected chi connectivity index (χ1v) is 8.82. The van der Waals surface area contributed by atoms with E-state index in [0.717, 1.165) is 0 Å². The number of nitrogens with two attached hydrogens (primary N) is 1. The molecule has 3 rings (SSSR count). The van der Waals surface area contributed by atoms with Crippen LogP contribution in [0.25, 0.3) is 11.4 Å². The van der Waals surface area contributed by atoms with Crippen LogP contribution in [0.5, 0.6) is 11.5 Å². The number of rotatable bonds is 6. The van der Waals surface area contributed by atoms with Gasteiger partial charge in [0, 0.05) is 24.0 Å². The SMILES string of the molecule is CCOC1CC(N)(c2nc(-c3cc(Cl)c(OC)c(OC)c3)no2)C1(C)C.Cl. The third-order valence-corrected chi connectivity index (χ3v) is 5.61. The first-order chi connectivity index (χ1) is 12.3. The monoisotopic (exact) mass is 417 g/mol. The summed E-state index contributed by atoms with van der Waals surface area (Å²) >= 11 is 6.27. The summed E-state index contributed by atoms with van der Waals surface area (Å²) in [7, 11) is 3.07. The fraction of sp³-hybridized carbons (Fsp3) is 0.556. The van der Waals surface area contributed by atoms with Gasteiger partial charge in [0.25, 0.3) is 0 Å². The number of aromatic nitrogens is 2. The van der Waals surface area contributed by atoms with E-state index in [1.165, 1.54) is 7.11 Å². The minimum Gasteiger partial charge on any atom is -0.493 e. The highest BCUT2D eigenvalue weighted by Gasteiger charge is 2.62. The number of nitrogens with zero attached hydrogens (tertiary/aromatic N) is 2. The Kier molecular flexibility index (Phi) is 6.31. The Labute approximate surface area is 169 Å². The van der Waals surface area contributed by atoms with Crippen molar-refractivity contribution in [3.8, 4) is 22.9 Å². The molecule has 0 saturated heterocycles. The molecule has 1 aromatic heterocycles. The van der Waals surface area contributed by atoms with Crippen LogP contribution in [0.2, 0.25) is 5.02 Å². The molecule has 1 aliphatic rings. The van der Waals surface area contributed by atoms with Crippen LogP contribution in [0.4, 0.5) is 0 Å². The van der Waals surface area contributed by atoms with E-state index in [0.29, 0.717) is 46.8 Å². The van der Waals surface area contributed by atoms with Crippen molar-refractivity contribution in [2.75, 3.05) is 20.8 Å². The van der Waals surface area contributed by atoms with E-state index in [-0.39, 0.29) is 23.9 Å². The average Bonchev–Trinajstić information content (AvgIpc) is 3.11. The summed E-state index contributed by atoms with van der Waals surface area (Å²) in [5.74, 6) is 1.73. The van der Waals surface area contributed by atoms with Crippen molar-refractivity contribution in [3.63, 3.8) is 0 Å². The second-order valence-electron chi connectivity index (χ2n) is 6.96. The fourth-order valence-electron chi connectivity index (χ4n) is 3.37. The molecule has 27 heavy (non-hydrogen) atoms. The Hall–Kier alpha value is -1.54. The van der Waals surface area contributed by atoms with Gasteiger partial charge in [0.15, 0.2) is 11.5 Å². The Bertz CT molecular complexity index is 812. The summed E-state index contributed by atoms with van der Waals surface area (Å²) in [6.45, 7) is 6.71.